The van der Waals surface area contributed by atoms with Gasteiger partial charge in [-0.3, -0.25) is 4.90 Å². The maximum atomic E-state index is 5.66. The fraction of sp³-hybridized carbons (Fsp3) is 0.409. The van der Waals surface area contributed by atoms with Crippen LogP contribution in [-0.4, -0.2) is 27.0 Å². The lowest BCUT2D eigenvalue weighted by atomic mass is 9.97. The van der Waals surface area contributed by atoms with Crippen LogP contribution in [0.25, 0.3) is 11.3 Å². The SMILES string of the molecule is Cc1nccn1CC[C@@H]1CCCCN1Cc1ccccc1-c1ccco1. The smallest absolute Gasteiger partial charge is 0.134 e. The van der Waals surface area contributed by atoms with Gasteiger partial charge in [0.15, 0.2) is 0 Å². The maximum absolute atomic E-state index is 5.66. The Morgan fingerprint density at radius 1 is 1.15 bits per heavy atom. The van der Waals surface area contributed by atoms with Gasteiger partial charge in [0, 0.05) is 37.1 Å². The topological polar surface area (TPSA) is 34.2 Å². The first kappa shape index (κ1) is 17.1. The Bertz CT molecular complexity index is 822. The van der Waals surface area contributed by atoms with Crippen molar-refractivity contribution in [1.82, 2.24) is 14.5 Å². The van der Waals surface area contributed by atoms with E-state index in [0.717, 1.165) is 24.7 Å². The Morgan fingerprint density at radius 3 is 2.88 bits per heavy atom. The van der Waals surface area contributed by atoms with Gasteiger partial charge in [-0.05, 0) is 50.4 Å². The van der Waals surface area contributed by atoms with Gasteiger partial charge in [-0.1, -0.05) is 30.7 Å². The summed E-state index contributed by atoms with van der Waals surface area (Å²) in [6.45, 7) is 5.30. The highest BCUT2D eigenvalue weighted by Gasteiger charge is 2.23. The minimum atomic E-state index is 0.634. The van der Waals surface area contributed by atoms with Gasteiger partial charge in [-0.15, -0.1) is 0 Å². The molecule has 1 aliphatic heterocycles. The fourth-order valence-corrected chi connectivity index (χ4v) is 4.07. The van der Waals surface area contributed by atoms with Gasteiger partial charge in [0.05, 0.1) is 6.26 Å². The Labute approximate surface area is 155 Å². The van der Waals surface area contributed by atoms with Crippen LogP contribution >= 0.6 is 0 Å². The summed E-state index contributed by atoms with van der Waals surface area (Å²) in [6, 6.07) is 13.3. The molecule has 1 fully saturated rings. The van der Waals surface area contributed by atoms with E-state index >= 15 is 0 Å². The summed E-state index contributed by atoms with van der Waals surface area (Å²) in [7, 11) is 0. The Morgan fingerprint density at radius 2 is 2.08 bits per heavy atom. The van der Waals surface area contributed by atoms with Crippen molar-refractivity contribution in [3.8, 4) is 11.3 Å². The number of imidazole rings is 1. The third-order valence-corrected chi connectivity index (χ3v) is 5.55. The van der Waals surface area contributed by atoms with Crippen LogP contribution in [-0.2, 0) is 13.1 Å². The van der Waals surface area contributed by atoms with E-state index in [9.17, 15) is 0 Å². The number of aromatic nitrogens is 2. The summed E-state index contributed by atoms with van der Waals surface area (Å²) in [6.07, 6.45) is 10.8. The molecule has 2 aromatic heterocycles. The molecule has 0 bridgehead atoms. The zero-order chi connectivity index (χ0) is 17.8. The molecule has 1 aromatic carbocycles. The second-order valence-corrected chi connectivity index (χ2v) is 7.21. The standard InChI is InChI=1S/C22H27N3O/c1-18-23-12-15-24(18)14-11-20-8-4-5-13-25(20)17-19-7-2-3-9-21(19)22-10-6-16-26-22/h2-3,6-7,9-10,12,15-16,20H,4-5,8,11,13-14,17H2,1H3/t20-/m0/s1. The van der Waals surface area contributed by atoms with Gasteiger partial charge in [0.25, 0.3) is 0 Å². The van der Waals surface area contributed by atoms with Crippen LogP contribution in [0, 0.1) is 6.92 Å². The molecule has 1 saturated heterocycles. The highest BCUT2D eigenvalue weighted by molar-refractivity contribution is 5.61. The lowest BCUT2D eigenvalue weighted by Crippen LogP contribution is -2.39. The summed E-state index contributed by atoms with van der Waals surface area (Å²) < 4.78 is 7.92. The van der Waals surface area contributed by atoms with Crippen molar-refractivity contribution in [3.05, 3.63) is 66.4 Å². The number of piperidine rings is 1. The largest absolute Gasteiger partial charge is 0.464 e. The van der Waals surface area contributed by atoms with Gasteiger partial charge in [0.1, 0.15) is 11.6 Å². The van der Waals surface area contributed by atoms with E-state index in [0.29, 0.717) is 6.04 Å². The summed E-state index contributed by atoms with van der Waals surface area (Å²) >= 11 is 0. The number of aryl methyl sites for hydroxylation is 2. The van der Waals surface area contributed by atoms with E-state index in [4.69, 9.17) is 4.42 Å². The molecule has 0 aliphatic carbocycles. The first-order valence-corrected chi connectivity index (χ1v) is 9.65. The van der Waals surface area contributed by atoms with E-state index in [1.165, 1.54) is 43.4 Å². The predicted octanol–water partition coefficient (Wildman–Crippen LogP) is 4.90. The molecule has 0 spiro atoms. The number of nitrogens with zero attached hydrogens (tertiary/aromatic N) is 3. The Hall–Kier alpha value is -2.33. The van der Waals surface area contributed by atoms with E-state index in [1.807, 2.05) is 18.3 Å². The van der Waals surface area contributed by atoms with E-state index in [-0.39, 0.29) is 0 Å². The van der Waals surface area contributed by atoms with Crippen LogP contribution in [0.15, 0.2) is 59.5 Å². The predicted molar refractivity (Wildman–Crippen MR) is 104 cm³/mol. The molecule has 1 aliphatic rings. The van der Waals surface area contributed by atoms with Crippen LogP contribution in [0.2, 0.25) is 0 Å². The number of rotatable bonds is 6. The van der Waals surface area contributed by atoms with Crippen LogP contribution in [0.3, 0.4) is 0 Å². The third-order valence-electron chi connectivity index (χ3n) is 5.55. The molecule has 4 nitrogen and oxygen atoms in total. The summed E-state index contributed by atoms with van der Waals surface area (Å²) in [4.78, 5) is 7.01. The molecule has 26 heavy (non-hydrogen) atoms. The number of benzene rings is 1. The van der Waals surface area contributed by atoms with Gasteiger partial charge < -0.3 is 8.98 Å². The van der Waals surface area contributed by atoms with Crippen molar-refractivity contribution < 1.29 is 4.42 Å². The number of hydrogen-bond donors (Lipinski definition) is 0. The van der Waals surface area contributed by atoms with E-state index in [2.05, 4.69) is 51.8 Å². The molecule has 0 unspecified atom stereocenters. The average molecular weight is 349 g/mol. The second-order valence-electron chi connectivity index (χ2n) is 7.21. The minimum Gasteiger partial charge on any atom is -0.464 e. The minimum absolute atomic E-state index is 0.634. The van der Waals surface area contributed by atoms with Crippen LogP contribution in [0.4, 0.5) is 0 Å². The normalized spacial score (nSPS) is 18.3. The highest BCUT2D eigenvalue weighted by atomic mass is 16.3. The lowest BCUT2D eigenvalue weighted by molar-refractivity contribution is 0.128. The molecule has 1 atom stereocenters. The van der Waals surface area contributed by atoms with E-state index in [1.54, 1.807) is 6.26 Å². The average Bonchev–Trinajstić information content (AvgIpc) is 3.33. The number of furan rings is 1. The van der Waals surface area contributed by atoms with Gasteiger partial charge in [-0.25, -0.2) is 4.98 Å². The summed E-state index contributed by atoms with van der Waals surface area (Å²) in [5.74, 6) is 2.07. The van der Waals surface area contributed by atoms with Crippen LogP contribution < -0.4 is 0 Å². The molecule has 0 saturated carbocycles. The van der Waals surface area contributed by atoms with Crippen molar-refractivity contribution in [2.24, 2.45) is 0 Å². The first-order valence-electron chi connectivity index (χ1n) is 9.65. The molecular formula is C22H27N3O. The Balaban J connectivity index is 1.48. The van der Waals surface area contributed by atoms with Gasteiger partial charge in [0.2, 0.25) is 0 Å². The zero-order valence-electron chi connectivity index (χ0n) is 15.5. The van der Waals surface area contributed by atoms with Crippen molar-refractivity contribution in [2.75, 3.05) is 6.54 Å². The third kappa shape index (κ3) is 3.75. The molecule has 3 heterocycles. The summed E-state index contributed by atoms with van der Waals surface area (Å²) in [5.41, 5.74) is 2.57. The first-order chi connectivity index (χ1) is 12.8. The van der Waals surface area contributed by atoms with Crippen molar-refractivity contribution in [3.63, 3.8) is 0 Å². The molecule has 4 heteroatoms. The fourth-order valence-electron chi connectivity index (χ4n) is 4.07. The van der Waals surface area contributed by atoms with Crippen molar-refractivity contribution in [2.45, 2.75) is 51.7 Å². The molecule has 4 rings (SSSR count). The molecule has 0 radical (unpaired) electrons. The molecule has 3 aromatic rings. The van der Waals surface area contributed by atoms with E-state index < -0.39 is 0 Å². The van der Waals surface area contributed by atoms with Crippen molar-refractivity contribution >= 4 is 0 Å². The number of likely N-dealkylation sites (tertiary alicyclic amines) is 1. The molecule has 0 amide bonds. The molecule has 136 valence electrons. The second kappa shape index (κ2) is 7.92. The monoisotopic (exact) mass is 349 g/mol. The van der Waals surface area contributed by atoms with Gasteiger partial charge >= 0.3 is 0 Å². The molecular weight excluding hydrogens is 322 g/mol. The highest BCUT2D eigenvalue weighted by Crippen LogP contribution is 2.28. The summed E-state index contributed by atoms with van der Waals surface area (Å²) in [5, 5.41) is 0. The maximum Gasteiger partial charge on any atom is 0.134 e. The van der Waals surface area contributed by atoms with Crippen LogP contribution in [0.1, 0.15) is 37.1 Å². The molecule has 0 N–H and O–H groups in total. The van der Waals surface area contributed by atoms with Crippen molar-refractivity contribution in [1.29, 1.82) is 0 Å². The quantitative estimate of drug-likeness (QED) is 0.635. The van der Waals surface area contributed by atoms with Crippen LogP contribution in [0.5, 0.6) is 0 Å². The zero-order valence-corrected chi connectivity index (χ0v) is 15.5. The number of hydrogen-bond acceptors (Lipinski definition) is 3. The lowest BCUT2D eigenvalue weighted by Gasteiger charge is -2.36. The van der Waals surface area contributed by atoms with Gasteiger partial charge in [-0.2, -0.15) is 0 Å². The Kier molecular flexibility index (Phi) is 5.21.